The number of alkyl halides is 2. The van der Waals surface area contributed by atoms with Crippen molar-refractivity contribution < 1.29 is 4.74 Å². The van der Waals surface area contributed by atoms with E-state index in [9.17, 15) is 0 Å². The summed E-state index contributed by atoms with van der Waals surface area (Å²) in [6.45, 7) is 2.15. The summed E-state index contributed by atoms with van der Waals surface area (Å²) in [6, 6.07) is 0. The van der Waals surface area contributed by atoms with Gasteiger partial charge in [-0.05, 0) is 31.8 Å². The third-order valence-electron chi connectivity index (χ3n) is 3.03. The molecule has 18 heavy (non-hydrogen) atoms. The first-order chi connectivity index (χ1) is 8.69. The zero-order valence-electron chi connectivity index (χ0n) is 10.7. The first-order valence-corrected chi connectivity index (χ1v) is 7.74. The van der Waals surface area contributed by atoms with Gasteiger partial charge in [-0.25, -0.2) is 0 Å². The summed E-state index contributed by atoms with van der Waals surface area (Å²) in [5.74, 6) is 2.49. The second-order valence-electron chi connectivity index (χ2n) is 4.40. The van der Waals surface area contributed by atoms with Gasteiger partial charge in [-0.2, -0.15) is 0 Å². The fraction of sp³-hybridized carbons (Fsp3) is 0.600. The molecule has 0 aromatic heterocycles. The maximum absolute atomic E-state index is 6.37. The van der Waals surface area contributed by atoms with Crippen LogP contribution >= 0.6 is 27.5 Å². The van der Waals surface area contributed by atoms with Gasteiger partial charge in [0.05, 0.1) is 17.6 Å². The van der Waals surface area contributed by atoms with Crippen LogP contribution in [0.5, 0.6) is 0 Å². The molecule has 100 valence electrons. The Morgan fingerprint density at radius 2 is 2.28 bits per heavy atom. The van der Waals surface area contributed by atoms with Crippen LogP contribution in [-0.4, -0.2) is 22.4 Å². The number of halogens is 2. The average molecular weight is 332 g/mol. The van der Waals surface area contributed by atoms with E-state index in [1.165, 1.54) is 0 Å². The van der Waals surface area contributed by atoms with Crippen molar-refractivity contribution >= 4 is 27.5 Å². The molecule has 0 N–H and O–H groups in total. The van der Waals surface area contributed by atoms with Crippen LogP contribution in [0.3, 0.4) is 0 Å². The summed E-state index contributed by atoms with van der Waals surface area (Å²) < 4.78 is 6.15. The Morgan fingerprint density at radius 3 is 2.94 bits per heavy atom. The number of hydrogen-bond donors (Lipinski definition) is 0. The minimum atomic E-state index is 0.00281. The molecule has 1 rings (SSSR count). The molecular weight excluding hydrogens is 312 g/mol. The van der Waals surface area contributed by atoms with Crippen molar-refractivity contribution in [3.05, 3.63) is 24.3 Å². The molecule has 0 saturated carbocycles. The average Bonchev–Trinajstić information content (AvgIpc) is 2.37. The molecule has 0 aliphatic carbocycles. The quantitative estimate of drug-likeness (QED) is 0.420. The normalized spacial score (nSPS) is 32.4. The molecule has 0 amide bonds. The largest absolute Gasteiger partial charge is 0.372 e. The zero-order chi connectivity index (χ0) is 13.4. The number of hydrogen-bond acceptors (Lipinski definition) is 1. The lowest BCUT2D eigenvalue weighted by Crippen LogP contribution is -2.34. The van der Waals surface area contributed by atoms with Crippen molar-refractivity contribution in [2.24, 2.45) is 0 Å². The molecule has 0 aromatic rings. The minimum absolute atomic E-state index is 0.00281. The molecule has 0 radical (unpaired) electrons. The number of allylic oxidation sites excluding steroid dienone is 2. The summed E-state index contributed by atoms with van der Waals surface area (Å²) in [6.07, 6.45) is 17.0. The first kappa shape index (κ1) is 15.8. The van der Waals surface area contributed by atoms with Crippen LogP contribution in [0.1, 0.15) is 32.6 Å². The van der Waals surface area contributed by atoms with Gasteiger partial charge in [0.15, 0.2) is 0 Å². The highest BCUT2D eigenvalue weighted by molar-refractivity contribution is 9.09. The fourth-order valence-electron chi connectivity index (χ4n) is 1.94. The molecule has 0 spiro atoms. The van der Waals surface area contributed by atoms with Gasteiger partial charge in [0.2, 0.25) is 0 Å². The third-order valence-corrected chi connectivity index (χ3v) is 4.72. The van der Waals surface area contributed by atoms with Crippen LogP contribution in [-0.2, 0) is 4.74 Å². The summed E-state index contributed by atoms with van der Waals surface area (Å²) in [7, 11) is 0. The Bertz CT molecular complexity index is 332. The van der Waals surface area contributed by atoms with E-state index in [2.05, 4.69) is 40.9 Å². The molecule has 1 aliphatic heterocycles. The van der Waals surface area contributed by atoms with Crippen molar-refractivity contribution in [3.8, 4) is 12.3 Å². The number of rotatable bonds is 4. The molecule has 1 heterocycles. The minimum Gasteiger partial charge on any atom is -0.372 e. The molecule has 0 fully saturated rings. The van der Waals surface area contributed by atoms with Gasteiger partial charge in [0.1, 0.15) is 0 Å². The van der Waals surface area contributed by atoms with E-state index >= 15 is 0 Å². The summed E-state index contributed by atoms with van der Waals surface area (Å²) >= 11 is 10.1. The lowest BCUT2D eigenvalue weighted by atomic mass is 10.0. The van der Waals surface area contributed by atoms with Gasteiger partial charge in [-0.3, -0.25) is 0 Å². The smallest absolute Gasteiger partial charge is 0.0780 e. The van der Waals surface area contributed by atoms with Gasteiger partial charge in [0.25, 0.3) is 0 Å². The van der Waals surface area contributed by atoms with Crippen LogP contribution in [0.2, 0.25) is 0 Å². The highest BCUT2D eigenvalue weighted by atomic mass is 79.9. The van der Waals surface area contributed by atoms with Gasteiger partial charge < -0.3 is 4.74 Å². The molecule has 0 bridgehead atoms. The van der Waals surface area contributed by atoms with Crippen LogP contribution in [0.25, 0.3) is 0 Å². The number of terminal acetylenes is 1. The van der Waals surface area contributed by atoms with Crippen molar-refractivity contribution in [2.45, 2.75) is 55.0 Å². The van der Waals surface area contributed by atoms with Gasteiger partial charge in [-0.15, -0.1) is 18.0 Å². The van der Waals surface area contributed by atoms with Crippen LogP contribution < -0.4 is 0 Å². The van der Waals surface area contributed by atoms with E-state index < -0.39 is 0 Å². The molecule has 4 atom stereocenters. The van der Waals surface area contributed by atoms with Crippen molar-refractivity contribution in [3.63, 3.8) is 0 Å². The Balaban J connectivity index is 2.69. The van der Waals surface area contributed by atoms with Crippen molar-refractivity contribution in [2.75, 3.05) is 0 Å². The standard InChI is InChI=1S/C15H20BrClO/c1-3-5-6-11-15-13(17)9-7-8-10-14(18-15)12(16)4-2/h1,5-8,12-15H,4,9-11H2,2H3/b6-5+,8-7-/t12-,13-,14-,15-/m1/s1. The Morgan fingerprint density at radius 1 is 1.56 bits per heavy atom. The summed E-state index contributed by atoms with van der Waals surface area (Å²) in [5.41, 5.74) is 0. The molecule has 3 heteroatoms. The monoisotopic (exact) mass is 330 g/mol. The maximum Gasteiger partial charge on any atom is 0.0780 e. The van der Waals surface area contributed by atoms with Gasteiger partial charge >= 0.3 is 0 Å². The Labute approximate surface area is 124 Å². The zero-order valence-corrected chi connectivity index (χ0v) is 13.0. The van der Waals surface area contributed by atoms with Crippen LogP contribution in [0, 0.1) is 12.3 Å². The van der Waals surface area contributed by atoms with E-state index in [-0.39, 0.29) is 17.6 Å². The topological polar surface area (TPSA) is 9.23 Å². The van der Waals surface area contributed by atoms with E-state index in [0.29, 0.717) is 4.83 Å². The summed E-state index contributed by atoms with van der Waals surface area (Å²) in [5, 5.41) is 0.00281. The lowest BCUT2D eigenvalue weighted by Gasteiger charge is -2.30. The van der Waals surface area contributed by atoms with E-state index in [4.69, 9.17) is 22.8 Å². The summed E-state index contributed by atoms with van der Waals surface area (Å²) in [4.78, 5) is 0.364. The molecule has 0 unspecified atom stereocenters. The highest BCUT2D eigenvalue weighted by Gasteiger charge is 2.26. The molecular formula is C15H20BrClO. The van der Waals surface area contributed by atoms with Crippen LogP contribution in [0.15, 0.2) is 24.3 Å². The third kappa shape index (κ3) is 5.18. The van der Waals surface area contributed by atoms with Gasteiger partial charge in [0, 0.05) is 4.83 Å². The Kier molecular flexibility index (Phi) is 7.74. The lowest BCUT2D eigenvalue weighted by molar-refractivity contribution is -0.0122. The predicted molar refractivity (Wildman–Crippen MR) is 82.3 cm³/mol. The van der Waals surface area contributed by atoms with Gasteiger partial charge in [-0.1, -0.05) is 47.0 Å². The Hall–Kier alpha value is -0.230. The number of ether oxygens (including phenoxy) is 1. The molecule has 0 aromatic carbocycles. The van der Waals surface area contributed by atoms with Crippen LogP contribution in [0.4, 0.5) is 0 Å². The molecule has 1 aliphatic rings. The van der Waals surface area contributed by atoms with E-state index in [1.807, 2.05) is 6.08 Å². The molecule has 0 saturated heterocycles. The molecule has 1 nitrogen and oxygen atoms in total. The van der Waals surface area contributed by atoms with E-state index in [0.717, 1.165) is 25.7 Å². The maximum atomic E-state index is 6.37. The second kappa shape index (κ2) is 8.80. The highest BCUT2D eigenvalue weighted by Crippen LogP contribution is 2.26. The SMILES string of the molecule is C#C/C=C/C[C@H]1O[C@@H]([C@H](Br)CC)C/C=C\C[C@H]1Cl. The van der Waals surface area contributed by atoms with E-state index in [1.54, 1.807) is 6.08 Å². The second-order valence-corrected chi connectivity index (χ2v) is 6.14. The first-order valence-electron chi connectivity index (χ1n) is 6.38. The fourth-order valence-corrected chi connectivity index (χ4v) is 2.55. The van der Waals surface area contributed by atoms with Crippen molar-refractivity contribution in [1.82, 2.24) is 0 Å². The predicted octanol–water partition coefficient (Wildman–Crippen LogP) is 4.45. The van der Waals surface area contributed by atoms with Crippen molar-refractivity contribution in [1.29, 1.82) is 0 Å².